The lowest BCUT2D eigenvalue weighted by Crippen LogP contribution is -2.14. The average Bonchev–Trinajstić information content (AvgIpc) is 3.09. The Morgan fingerprint density at radius 3 is 0.843 bits per heavy atom. The van der Waals surface area contributed by atoms with Crippen molar-refractivity contribution in [3.8, 4) is 0 Å². The van der Waals surface area contributed by atoms with E-state index >= 15 is 0 Å². The van der Waals surface area contributed by atoms with Crippen molar-refractivity contribution in [2.24, 2.45) is 35.5 Å². The standard InChI is InChI=1S/C51H104/c1-9-10-11-12-13-14-15-16-17-18-19-20-21-22-23-32-37-42-50(8)45-51(47(4)5)44-43-49(7)41-36-31-27-26-30-35-40-48(6)39-34-29-25-24-28-33-38-46(2)3/h46-51H,9-45H2,1-8H3. The van der Waals surface area contributed by atoms with Crippen molar-refractivity contribution in [1.82, 2.24) is 0 Å². The van der Waals surface area contributed by atoms with E-state index in [0.717, 1.165) is 35.5 Å². The van der Waals surface area contributed by atoms with Gasteiger partial charge in [0.2, 0.25) is 0 Å². The van der Waals surface area contributed by atoms with Gasteiger partial charge in [-0.15, -0.1) is 0 Å². The highest BCUT2D eigenvalue weighted by atomic mass is 14.2. The number of hydrogen-bond donors (Lipinski definition) is 0. The van der Waals surface area contributed by atoms with E-state index in [-0.39, 0.29) is 0 Å². The first-order chi connectivity index (χ1) is 24.8. The van der Waals surface area contributed by atoms with Gasteiger partial charge in [0.25, 0.3) is 0 Å². The number of rotatable bonds is 42. The van der Waals surface area contributed by atoms with Crippen molar-refractivity contribution in [2.75, 3.05) is 0 Å². The normalized spacial score (nSPS) is 14.5. The Morgan fingerprint density at radius 2 is 0.529 bits per heavy atom. The molecule has 0 aliphatic carbocycles. The van der Waals surface area contributed by atoms with Crippen LogP contribution in [0.25, 0.3) is 0 Å². The summed E-state index contributed by atoms with van der Waals surface area (Å²) in [4.78, 5) is 0. The SMILES string of the molecule is CCCCCCCCCCCCCCCCCCCC(C)CC(CCC(C)CCCCCCCCC(C)CCCCCCCCC(C)C)C(C)C. The van der Waals surface area contributed by atoms with Crippen molar-refractivity contribution in [3.05, 3.63) is 0 Å². The summed E-state index contributed by atoms with van der Waals surface area (Å²) >= 11 is 0. The molecule has 0 aliphatic rings. The van der Waals surface area contributed by atoms with E-state index in [1.807, 2.05) is 0 Å². The molecule has 0 rings (SSSR count). The zero-order chi connectivity index (χ0) is 37.6. The molecule has 0 radical (unpaired) electrons. The Morgan fingerprint density at radius 1 is 0.255 bits per heavy atom. The van der Waals surface area contributed by atoms with E-state index in [2.05, 4.69) is 55.4 Å². The lowest BCUT2D eigenvalue weighted by atomic mass is 9.80. The molecule has 0 spiro atoms. The summed E-state index contributed by atoms with van der Waals surface area (Å²) in [6, 6.07) is 0. The predicted molar refractivity (Wildman–Crippen MR) is 237 cm³/mol. The van der Waals surface area contributed by atoms with E-state index in [0.29, 0.717) is 0 Å². The van der Waals surface area contributed by atoms with Crippen LogP contribution in [0, 0.1) is 35.5 Å². The van der Waals surface area contributed by atoms with Crippen LogP contribution in [0.2, 0.25) is 0 Å². The lowest BCUT2D eigenvalue weighted by Gasteiger charge is -2.26. The molecule has 0 saturated carbocycles. The smallest absolute Gasteiger partial charge is 0.0388 e. The van der Waals surface area contributed by atoms with Crippen LogP contribution in [-0.2, 0) is 0 Å². The van der Waals surface area contributed by atoms with Gasteiger partial charge in [-0.05, 0) is 48.3 Å². The molecule has 0 nitrogen and oxygen atoms in total. The Balaban J connectivity index is 3.63. The van der Waals surface area contributed by atoms with Gasteiger partial charge in [0.15, 0.2) is 0 Å². The molecule has 0 aromatic carbocycles. The molecule has 0 heteroatoms. The molecule has 0 bridgehead atoms. The van der Waals surface area contributed by atoms with Gasteiger partial charge in [0.05, 0.1) is 0 Å². The van der Waals surface area contributed by atoms with Gasteiger partial charge < -0.3 is 0 Å². The van der Waals surface area contributed by atoms with E-state index < -0.39 is 0 Å². The molecular formula is C51H104. The molecule has 0 aliphatic heterocycles. The van der Waals surface area contributed by atoms with Gasteiger partial charge in [-0.2, -0.15) is 0 Å². The monoisotopic (exact) mass is 717 g/mol. The van der Waals surface area contributed by atoms with Crippen LogP contribution in [0.5, 0.6) is 0 Å². The van der Waals surface area contributed by atoms with Crippen LogP contribution in [0.15, 0.2) is 0 Å². The third kappa shape index (κ3) is 39.5. The molecule has 0 N–H and O–H groups in total. The topological polar surface area (TPSA) is 0 Å². The van der Waals surface area contributed by atoms with Crippen LogP contribution in [-0.4, -0.2) is 0 Å². The minimum atomic E-state index is 0.849. The minimum absolute atomic E-state index is 0.849. The zero-order valence-corrected chi connectivity index (χ0v) is 37.6. The summed E-state index contributed by atoms with van der Waals surface area (Å²) in [5.41, 5.74) is 0. The van der Waals surface area contributed by atoms with Gasteiger partial charge in [0, 0.05) is 0 Å². The quantitative estimate of drug-likeness (QED) is 0.0552. The first kappa shape index (κ1) is 51.0. The fourth-order valence-electron chi connectivity index (χ4n) is 8.81. The van der Waals surface area contributed by atoms with Gasteiger partial charge in [-0.1, -0.05) is 280 Å². The van der Waals surface area contributed by atoms with Crippen LogP contribution in [0.4, 0.5) is 0 Å². The Labute approximate surface area is 327 Å². The highest BCUT2D eigenvalue weighted by molar-refractivity contribution is 4.69. The second-order valence-corrected chi connectivity index (χ2v) is 19.4. The third-order valence-electron chi connectivity index (χ3n) is 12.9. The summed E-state index contributed by atoms with van der Waals surface area (Å²) < 4.78 is 0. The summed E-state index contributed by atoms with van der Waals surface area (Å²) in [5.74, 6) is 5.47. The zero-order valence-electron chi connectivity index (χ0n) is 37.6. The van der Waals surface area contributed by atoms with Crippen molar-refractivity contribution in [3.63, 3.8) is 0 Å². The van der Waals surface area contributed by atoms with E-state index in [1.165, 1.54) is 238 Å². The first-order valence-corrected chi connectivity index (χ1v) is 24.8. The van der Waals surface area contributed by atoms with Gasteiger partial charge >= 0.3 is 0 Å². The van der Waals surface area contributed by atoms with Gasteiger partial charge in [0.1, 0.15) is 0 Å². The molecule has 51 heavy (non-hydrogen) atoms. The molecule has 308 valence electrons. The van der Waals surface area contributed by atoms with Gasteiger partial charge in [-0.25, -0.2) is 0 Å². The second-order valence-electron chi connectivity index (χ2n) is 19.4. The number of hydrogen-bond acceptors (Lipinski definition) is 0. The molecule has 0 aromatic heterocycles. The second kappa shape index (κ2) is 39.7. The van der Waals surface area contributed by atoms with Crippen LogP contribution in [0.1, 0.15) is 293 Å². The molecule has 4 atom stereocenters. The summed E-state index contributed by atoms with van der Waals surface area (Å²) in [6.45, 7) is 19.6. The molecule has 4 unspecified atom stereocenters. The van der Waals surface area contributed by atoms with E-state index in [9.17, 15) is 0 Å². The highest BCUT2D eigenvalue weighted by Crippen LogP contribution is 2.30. The molecule has 0 fully saturated rings. The summed E-state index contributed by atoms with van der Waals surface area (Å²) in [7, 11) is 0. The molecular weight excluding hydrogens is 613 g/mol. The fourth-order valence-corrected chi connectivity index (χ4v) is 8.81. The highest BCUT2D eigenvalue weighted by Gasteiger charge is 2.18. The maximum atomic E-state index is 2.56. The Kier molecular flexibility index (Phi) is 39.7. The van der Waals surface area contributed by atoms with Crippen LogP contribution in [0.3, 0.4) is 0 Å². The fraction of sp³-hybridized carbons (Fsp3) is 1.00. The Bertz CT molecular complexity index is 632. The molecule has 0 amide bonds. The molecule has 0 aromatic rings. The largest absolute Gasteiger partial charge is 0.0654 e. The van der Waals surface area contributed by atoms with Crippen molar-refractivity contribution >= 4 is 0 Å². The number of unbranched alkanes of at least 4 members (excludes halogenated alkanes) is 26. The summed E-state index contributed by atoms with van der Waals surface area (Å²) in [6.07, 6.45) is 54.4. The average molecular weight is 717 g/mol. The molecule has 0 heterocycles. The Hall–Kier alpha value is 0. The van der Waals surface area contributed by atoms with Crippen LogP contribution < -0.4 is 0 Å². The first-order valence-electron chi connectivity index (χ1n) is 24.8. The molecule has 0 saturated heterocycles. The maximum Gasteiger partial charge on any atom is -0.0388 e. The summed E-state index contributed by atoms with van der Waals surface area (Å²) in [5, 5.41) is 0. The van der Waals surface area contributed by atoms with E-state index in [1.54, 1.807) is 0 Å². The predicted octanol–water partition coefficient (Wildman–Crippen LogP) is 19.3. The van der Waals surface area contributed by atoms with Crippen molar-refractivity contribution < 1.29 is 0 Å². The maximum absolute atomic E-state index is 2.56. The van der Waals surface area contributed by atoms with Gasteiger partial charge in [-0.3, -0.25) is 0 Å². The van der Waals surface area contributed by atoms with Crippen molar-refractivity contribution in [2.45, 2.75) is 293 Å². The van der Waals surface area contributed by atoms with Crippen LogP contribution >= 0.6 is 0 Å². The van der Waals surface area contributed by atoms with E-state index in [4.69, 9.17) is 0 Å². The third-order valence-corrected chi connectivity index (χ3v) is 12.9. The minimum Gasteiger partial charge on any atom is -0.0654 e. The lowest BCUT2D eigenvalue weighted by molar-refractivity contribution is 0.257. The van der Waals surface area contributed by atoms with Crippen molar-refractivity contribution in [1.29, 1.82) is 0 Å².